The number of hydrogen-bond donors (Lipinski definition) is 2. The molecule has 104 valence electrons. The van der Waals surface area contributed by atoms with Gasteiger partial charge in [-0.1, -0.05) is 0 Å². The summed E-state index contributed by atoms with van der Waals surface area (Å²) in [4.78, 5) is 16.3. The van der Waals surface area contributed by atoms with Crippen molar-refractivity contribution in [1.82, 2.24) is 10.3 Å². The second kappa shape index (κ2) is 6.52. The highest BCUT2D eigenvalue weighted by Crippen LogP contribution is 2.14. The monoisotopic (exact) mass is 263 g/mol. The Balaban J connectivity index is 1.97. The van der Waals surface area contributed by atoms with Gasteiger partial charge in [-0.15, -0.1) is 0 Å². The zero-order valence-electron chi connectivity index (χ0n) is 11.5. The van der Waals surface area contributed by atoms with Gasteiger partial charge in [0.2, 0.25) is 0 Å². The summed E-state index contributed by atoms with van der Waals surface area (Å²) in [5, 5.41) is 6.16. The van der Waals surface area contributed by atoms with Crippen molar-refractivity contribution >= 4 is 11.7 Å². The molecule has 0 bridgehead atoms. The van der Waals surface area contributed by atoms with Crippen LogP contribution in [-0.4, -0.2) is 36.2 Å². The van der Waals surface area contributed by atoms with Crippen LogP contribution in [0.4, 0.5) is 5.82 Å². The third-order valence-corrected chi connectivity index (χ3v) is 3.20. The van der Waals surface area contributed by atoms with Crippen LogP contribution < -0.4 is 10.6 Å². The number of carbonyl (C=O) groups excluding carboxylic acids is 1. The zero-order valence-corrected chi connectivity index (χ0v) is 11.5. The summed E-state index contributed by atoms with van der Waals surface area (Å²) in [7, 11) is 0. The Morgan fingerprint density at radius 2 is 2.42 bits per heavy atom. The molecule has 2 heterocycles. The summed E-state index contributed by atoms with van der Waals surface area (Å²) >= 11 is 0. The van der Waals surface area contributed by atoms with Crippen LogP contribution in [0.2, 0.25) is 0 Å². The van der Waals surface area contributed by atoms with Gasteiger partial charge < -0.3 is 15.4 Å². The normalized spacial score (nSPS) is 22.8. The minimum atomic E-state index is -0.0411. The van der Waals surface area contributed by atoms with E-state index >= 15 is 0 Å². The number of nitrogens with zero attached hydrogens (tertiary/aromatic N) is 1. The molecule has 2 rings (SSSR count). The molecule has 0 spiro atoms. The molecule has 5 heteroatoms. The fraction of sp³-hybridized carbons (Fsp3) is 0.571. The quantitative estimate of drug-likeness (QED) is 0.869. The van der Waals surface area contributed by atoms with Crippen LogP contribution in [-0.2, 0) is 4.74 Å². The van der Waals surface area contributed by atoms with E-state index in [0.717, 1.165) is 25.2 Å². The van der Waals surface area contributed by atoms with Crippen LogP contribution in [0.3, 0.4) is 0 Å². The number of pyridine rings is 1. The van der Waals surface area contributed by atoms with E-state index in [9.17, 15) is 4.79 Å². The first-order valence-corrected chi connectivity index (χ1v) is 6.81. The van der Waals surface area contributed by atoms with Crippen molar-refractivity contribution in [2.75, 3.05) is 18.5 Å². The van der Waals surface area contributed by atoms with Gasteiger partial charge in [-0.25, -0.2) is 4.98 Å². The predicted octanol–water partition coefficient (Wildman–Crippen LogP) is 1.81. The zero-order chi connectivity index (χ0) is 13.7. The average Bonchev–Trinajstić information content (AvgIpc) is 2.39. The van der Waals surface area contributed by atoms with E-state index in [-0.39, 0.29) is 18.1 Å². The molecule has 0 saturated carbocycles. The number of aromatic nitrogens is 1. The van der Waals surface area contributed by atoms with E-state index in [1.54, 1.807) is 18.3 Å². The first-order chi connectivity index (χ1) is 9.19. The summed E-state index contributed by atoms with van der Waals surface area (Å²) < 4.78 is 5.48. The molecule has 0 aliphatic carbocycles. The van der Waals surface area contributed by atoms with Gasteiger partial charge in [-0.2, -0.15) is 0 Å². The number of hydrogen-bond acceptors (Lipinski definition) is 4. The van der Waals surface area contributed by atoms with E-state index in [2.05, 4.69) is 15.6 Å². The van der Waals surface area contributed by atoms with E-state index in [0.29, 0.717) is 12.2 Å². The smallest absolute Gasteiger partial charge is 0.251 e. The Kier molecular flexibility index (Phi) is 4.74. The molecule has 2 unspecified atom stereocenters. The van der Waals surface area contributed by atoms with E-state index < -0.39 is 0 Å². The lowest BCUT2D eigenvalue weighted by molar-refractivity contribution is 0.0136. The summed E-state index contributed by atoms with van der Waals surface area (Å²) in [5.41, 5.74) is 0.644. The minimum Gasteiger partial charge on any atom is -0.378 e. The Labute approximate surface area is 113 Å². The number of rotatable bonds is 4. The largest absolute Gasteiger partial charge is 0.378 e. The van der Waals surface area contributed by atoms with Crippen molar-refractivity contribution in [3.8, 4) is 0 Å². The predicted molar refractivity (Wildman–Crippen MR) is 74.3 cm³/mol. The van der Waals surface area contributed by atoms with Gasteiger partial charge in [0.25, 0.3) is 5.91 Å². The highest BCUT2D eigenvalue weighted by molar-refractivity contribution is 5.95. The maximum atomic E-state index is 12.2. The Morgan fingerprint density at radius 3 is 3.16 bits per heavy atom. The minimum absolute atomic E-state index is 0.0411. The molecule has 0 aromatic carbocycles. The van der Waals surface area contributed by atoms with Crippen molar-refractivity contribution in [3.63, 3.8) is 0 Å². The molecule has 19 heavy (non-hydrogen) atoms. The number of carbonyl (C=O) groups is 1. The summed E-state index contributed by atoms with van der Waals surface area (Å²) in [6.45, 7) is 5.53. The Bertz CT molecular complexity index is 436. The van der Waals surface area contributed by atoms with Crippen LogP contribution in [0.15, 0.2) is 18.3 Å². The van der Waals surface area contributed by atoms with E-state index in [4.69, 9.17) is 4.74 Å². The van der Waals surface area contributed by atoms with Gasteiger partial charge in [0.15, 0.2) is 0 Å². The number of amides is 1. The van der Waals surface area contributed by atoms with Crippen LogP contribution in [0, 0.1) is 0 Å². The molecule has 1 saturated heterocycles. The lowest BCUT2D eigenvalue weighted by Gasteiger charge is -2.27. The van der Waals surface area contributed by atoms with Gasteiger partial charge >= 0.3 is 0 Å². The van der Waals surface area contributed by atoms with E-state index in [1.807, 2.05) is 13.8 Å². The van der Waals surface area contributed by atoms with Crippen LogP contribution >= 0.6 is 0 Å². The van der Waals surface area contributed by atoms with Crippen molar-refractivity contribution in [1.29, 1.82) is 0 Å². The molecule has 2 N–H and O–H groups in total. The molecular weight excluding hydrogens is 242 g/mol. The first-order valence-electron chi connectivity index (χ1n) is 6.81. The van der Waals surface area contributed by atoms with Gasteiger partial charge in [-0.05, 0) is 38.8 Å². The number of nitrogens with one attached hydrogen (secondary N) is 2. The molecule has 1 aliphatic rings. The van der Waals surface area contributed by atoms with Gasteiger partial charge in [0.1, 0.15) is 5.82 Å². The molecular formula is C14H21N3O2. The molecule has 1 aromatic rings. The van der Waals surface area contributed by atoms with Gasteiger partial charge in [0, 0.05) is 31.0 Å². The fourth-order valence-electron chi connectivity index (χ4n) is 2.25. The SMILES string of the molecule is CCNc1cc(C(=O)NC2CCOC(C)C2)ccn1. The van der Waals surface area contributed by atoms with Crippen LogP contribution in [0.1, 0.15) is 37.0 Å². The third kappa shape index (κ3) is 3.92. The molecule has 2 atom stereocenters. The summed E-state index contributed by atoms with van der Waals surface area (Å²) in [5.74, 6) is 0.691. The summed E-state index contributed by atoms with van der Waals surface area (Å²) in [6.07, 6.45) is 3.62. The second-order valence-corrected chi connectivity index (χ2v) is 4.84. The third-order valence-electron chi connectivity index (χ3n) is 3.20. The lowest BCUT2D eigenvalue weighted by Crippen LogP contribution is -2.41. The second-order valence-electron chi connectivity index (χ2n) is 4.84. The standard InChI is InChI=1S/C14H21N3O2/c1-3-15-13-9-11(4-6-16-13)14(18)17-12-5-7-19-10(2)8-12/h4,6,9-10,12H,3,5,7-8H2,1-2H3,(H,15,16)(H,17,18). The first kappa shape index (κ1) is 13.8. The molecule has 1 fully saturated rings. The van der Waals surface area contributed by atoms with Crippen LogP contribution in [0.25, 0.3) is 0 Å². The number of anilines is 1. The Hall–Kier alpha value is -1.62. The number of ether oxygens (including phenoxy) is 1. The molecule has 5 nitrogen and oxygen atoms in total. The van der Waals surface area contributed by atoms with E-state index in [1.165, 1.54) is 0 Å². The van der Waals surface area contributed by atoms with Crippen molar-refractivity contribution in [3.05, 3.63) is 23.9 Å². The fourth-order valence-corrected chi connectivity index (χ4v) is 2.25. The maximum Gasteiger partial charge on any atom is 0.251 e. The molecule has 0 radical (unpaired) electrons. The van der Waals surface area contributed by atoms with Gasteiger partial charge in [-0.3, -0.25) is 4.79 Å². The Morgan fingerprint density at radius 1 is 1.58 bits per heavy atom. The molecule has 1 aliphatic heterocycles. The van der Waals surface area contributed by atoms with Gasteiger partial charge in [0.05, 0.1) is 6.10 Å². The van der Waals surface area contributed by atoms with Crippen molar-refractivity contribution in [2.24, 2.45) is 0 Å². The van der Waals surface area contributed by atoms with Crippen molar-refractivity contribution in [2.45, 2.75) is 38.8 Å². The highest BCUT2D eigenvalue weighted by Gasteiger charge is 2.21. The van der Waals surface area contributed by atoms with Crippen molar-refractivity contribution < 1.29 is 9.53 Å². The molecule has 1 amide bonds. The average molecular weight is 263 g/mol. The maximum absolute atomic E-state index is 12.2. The van der Waals surface area contributed by atoms with Crippen LogP contribution in [0.5, 0.6) is 0 Å². The highest BCUT2D eigenvalue weighted by atomic mass is 16.5. The molecule has 1 aromatic heterocycles. The topological polar surface area (TPSA) is 63.2 Å². The lowest BCUT2D eigenvalue weighted by atomic mass is 10.0. The summed E-state index contributed by atoms with van der Waals surface area (Å²) in [6, 6.07) is 3.72.